The first-order valence-corrected chi connectivity index (χ1v) is 9.99. The lowest BCUT2D eigenvalue weighted by Gasteiger charge is -2.19. The summed E-state index contributed by atoms with van der Waals surface area (Å²) < 4.78 is 51.4. The summed E-state index contributed by atoms with van der Waals surface area (Å²) in [5.41, 5.74) is -0.179. The number of benzene rings is 1. The summed E-state index contributed by atoms with van der Waals surface area (Å²) in [5.74, 6) is -2.36. The van der Waals surface area contributed by atoms with Crippen LogP contribution in [0.25, 0.3) is 0 Å². The Morgan fingerprint density at radius 1 is 1.36 bits per heavy atom. The number of anilines is 1. The topological polar surface area (TPSA) is 92.3 Å². The van der Waals surface area contributed by atoms with Gasteiger partial charge in [-0.3, -0.25) is 4.79 Å². The van der Waals surface area contributed by atoms with Crippen molar-refractivity contribution in [2.45, 2.75) is 18.9 Å². The van der Waals surface area contributed by atoms with E-state index in [2.05, 4.69) is 15.5 Å². The van der Waals surface area contributed by atoms with Crippen LogP contribution in [0, 0.1) is 11.6 Å². The van der Waals surface area contributed by atoms with Crippen LogP contribution in [0.5, 0.6) is 0 Å². The Balaban J connectivity index is 1.78. The van der Waals surface area contributed by atoms with Crippen molar-refractivity contribution in [3.8, 4) is 0 Å². The second-order valence-electron chi connectivity index (χ2n) is 5.56. The number of hydrogen-bond donors (Lipinski definition) is 1. The molecule has 1 fully saturated rings. The molecule has 2 aromatic rings. The highest BCUT2D eigenvalue weighted by molar-refractivity contribution is 7.88. The van der Waals surface area contributed by atoms with E-state index < -0.39 is 33.6 Å². The van der Waals surface area contributed by atoms with Gasteiger partial charge in [0.1, 0.15) is 16.6 Å². The molecule has 1 N–H and O–H groups in total. The van der Waals surface area contributed by atoms with Crippen LogP contribution >= 0.6 is 11.3 Å². The third-order valence-corrected chi connectivity index (χ3v) is 6.04. The van der Waals surface area contributed by atoms with Crippen molar-refractivity contribution in [3.05, 3.63) is 39.8 Å². The molecule has 0 aliphatic carbocycles. The minimum Gasteiger partial charge on any atom is -0.317 e. The number of rotatable bonds is 4. The summed E-state index contributed by atoms with van der Waals surface area (Å²) in [7, 11) is -3.38. The number of nitrogens with zero attached hydrogens (tertiary/aromatic N) is 3. The number of halogens is 2. The zero-order valence-electron chi connectivity index (χ0n) is 13.1. The summed E-state index contributed by atoms with van der Waals surface area (Å²) in [6.07, 6.45) is 2.41. The Bertz CT molecular complexity index is 917. The minimum atomic E-state index is -3.38. The standard InChI is InChI=1S/C14H14F2N4O3S2/c1-25(22,23)20-6-2-3-11(20)13-18-19-14(24-13)12(21)17-10-5-4-8(15)7-9(10)16/h4-5,7,11H,2-3,6H2,1H3,(H,17,21)/t11-/m0/s1. The van der Waals surface area contributed by atoms with Crippen LogP contribution in [0.3, 0.4) is 0 Å². The molecule has 2 heterocycles. The number of nitrogens with one attached hydrogen (secondary N) is 1. The van der Waals surface area contributed by atoms with Crippen molar-refractivity contribution in [2.24, 2.45) is 0 Å². The van der Waals surface area contributed by atoms with Crippen LogP contribution in [0.2, 0.25) is 0 Å². The molecule has 134 valence electrons. The molecule has 1 aliphatic rings. The van der Waals surface area contributed by atoms with Gasteiger partial charge in [-0.15, -0.1) is 10.2 Å². The van der Waals surface area contributed by atoms with Gasteiger partial charge in [-0.25, -0.2) is 17.2 Å². The Morgan fingerprint density at radius 3 is 2.80 bits per heavy atom. The van der Waals surface area contributed by atoms with Crippen LogP contribution < -0.4 is 5.32 Å². The summed E-state index contributed by atoms with van der Waals surface area (Å²) in [4.78, 5) is 12.2. The molecule has 0 unspecified atom stereocenters. The van der Waals surface area contributed by atoms with E-state index in [0.717, 1.165) is 29.7 Å². The predicted molar refractivity (Wildman–Crippen MR) is 87.7 cm³/mol. The van der Waals surface area contributed by atoms with Crippen LogP contribution in [-0.4, -0.2) is 41.6 Å². The normalized spacial score (nSPS) is 18.4. The monoisotopic (exact) mass is 388 g/mol. The fraction of sp³-hybridized carbons (Fsp3) is 0.357. The van der Waals surface area contributed by atoms with Crippen molar-refractivity contribution in [3.63, 3.8) is 0 Å². The van der Waals surface area contributed by atoms with E-state index in [4.69, 9.17) is 0 Å². The predicted octanol–water partition coefficient (Wildman–Crippen LogP) is 2.17. The number of amides is 1. The third kappa shape index (κ3) is 3.83. The molecule has 7 nitrogen and oxygen atoms in total. The first-order chi connectivity index (χ1) is 11.8. The largest absolute Gasteiger partial charge is 0.317 e. The maximum Gasteiger partial charge on any atom is 0.286 e. The van der Waals surface area contributed by atoms with Crippen LogP contribution in [0.1, 0.15) is 33.7 Å². The fourth-order valence-corrected chi connectivity index (χ4v) is 4.69. The second kappa shape index (κ2) is 6.73. The maximum absolute atomic E-state index is 13.6. The summed E-state index contributed by atoms with van der Waals surface area (Å²) in [6.45, 7) is 0.394. The second-order valence-corrected chi connectivity index (χ2v) is 8.50. The number of sulfonamides is 1. The Labute approximate surface area is 146 Å². The van der Waals surface area contributed by atoms with E-state index in [-0.39, 0.29) is 10.7 Å². The molecule has 25 heavy (non-hydrogen) atoms. The summed E-state index contributed by atoms with van der Waals surface area (Å²) in [6, 6.07) is 2.33. The van der Waals surface area contributed by atoms with E-state index in [0.29, 0.717) is 30.5 Å². The Kier molecular flexibility index (Phi) is 4.80. The Morgan fingerprint density at radius 2 is 2.12 bits per heavy atom. The van der Waals surface area contributed by atoms with Crippen molar-refractivity contribution in [2.75, 3.05) is 18.1 Å². The number of carbonyl (C=O) groups is 1. The average molecular weight is 388 g/mol. The Hall–Kier alpha value is -1.98. The quantitative estimate of drug-likeness (QED) is 0.867. The van der Waals surface area contributed by atoms with Gasteiger partial charge in [0.15, 0.2) is 0 Å². The molecular weight excluding hydrogens is 374 g/mol. The van der Waals surface area contributed by atoms with Gasteiger partial charge in [-0.05, 0) is 25.0 Å². The molecule has 1 amide bonds. The molecule has 0 saturated carbocycles. The summed E-state index contributed by atoms with van der Waals surface area (Å²) in [5, 5.41) is 10.3. The van der Waals surface area contributed by atoms with E-state index in [1.807, 2.05) is 0 Å². The third-order valence-electron chi connectivity index (χ3n) is 3.73. The van der Waals surface area contributed by atoms with Gasteiger partial charge in [-0.2, -0.15) is 4.31 Å². The first-order valence-electron chi connectivity index (χ1n) is 7.32. The molecule has 1 aliphatic heterocycles. The van der Waals surface area contributed by atoms with Crippen molar-refractivity contribution < 1.29 is 22.0 Å². The van der Waals surface area contributed by atoms with Gasteiger partial charge in [0.2, 0.25) is 15.0 Å². The number of carbonyl (C=O) groups excluding carboxylic acids is 1. The van der Waals surface area contributed by atoms with E-state index >= 15 is 0 Å². The molecule has 1 atom stereocenters. The summed E-state index contributed by atoms with van der Waals surface area (Å²) >= 11 is 0.949. The highest BCUT2D eigenvalue weighted by Gasteiger charge is 2.35. The highest BCUT2D eigenvalue weighted by atomic mass is 32.2. The number of hydrogen-bond acceptors (Lipinski definition) is 6. The van der Waals surface area contributed by atoms with Gasteiger partial charge in [0.05, 0.1) is 18.0 Å². The molecule has 0 radical (unpaired) electrons. The van der Waals surface area contributed by atoms with Gasteiger partial charge in [0, 0.05) is 12.6 Å². The number of aromatic nitrogens is 2. The lowest BCUT2D eigenvalue weighted by molar-refractivity contribution is 0.102. The fourth-order valence-electron chi connectivity index (χ4n) is 2.61. The molecule has 11 heteroatoms. The molecule has 0 bridgehead atoms. The maximum atomic E-state index is 13.6. The van der Waals surface area contributed by atoms with Crippen molar-refractivity contribution >= 4 is 33.0 Å². The smallest absolute Gasteiger partial charge is 0.286 e. The SMILES string of the molecule is CS(=O)(=O)N1CCC[C@H]1c1nnc(C(=O)Nc2ccc(F)cc2F)s1. The molecule has 1 aromatic heterocycles. The van der Waals surface area contributed by atoms with Gasteiger partial charge < -0.3 is 5.32 Å². The minimum absolute atomic E-state index is 0.0286. The van der Waals surface area contributed by atoms with Gasteiger partial charge >= 0.3 is 0 Å². The molecule has 3 rings (SSSR count). The lowest BCUT2D eigenvalue weighted by Crippen LogP contribution is -2.29. The molecule has 1 aromatic carbocycles. The molecular formula is C14H14F2N4O3S2. The lowest BCUT2D eigenvalue weighted by atomic mass is 10.2. The molecule has 0 spiro atoms. The van der Waals surface area contributed by atoms with Gasteiger partial charge in [-0.1, -0.05) is 11.3 Å². The van der Waals surface area contributed by atoms with Crippen LogP contribution in [0.4, 0.5) is 14.5 Å². The van der Waals surface area contributed by atoms with Crippen LogP contribution in [-0.2, 0) is 10.0 Å². The van der Waals surface area contributed by atoms with E-state index in [1.165, 1.54) is 4.31 Å². The van der Waals surface area contributed by atoms with E-state index in [9.17, 15) is 22.0 Å². The zero-order chi connectivity index (χ0) is 18.2. The van der Waals surface area contributed by atoms with Crippen LogP contribution in [0.15, 0.2) is 18.2 Å². The first kappa shape index (κ1) is 17.8. The van der Waals surface area contributed by atoms with Crippen molar-refractivity contribution in [1.82, 2.24) is 14.5 Å². The zero-order valence-corrected chi connectivity index (χ0v) is 14.7. The van der Waals surface area contributed by atoms with E-state index in [1.54, 1.807) is 0 Å². The molecule has 1 saturated heterocycles. The average Bonchev–Trinajstić information content (AvgIpc) is 3.17. The highest BCUT2D eigenvalue weighted by Crippen LogP contribution is 2.35. The van der Waals surface area contributed by atoms with Gasteiger partial charge in [0.25, 0.3) is 5.91 Å². The van der Waals surface area contributed by atoms with Crippen molar-refractivity contribution in [1.29, 1.82) is 0 Å².